The van der Waals surface area contributed by atoms with Gasteiger partial charge in [-0.25, -0.2) is 4.68 Å². The highest BCUT2D eigenvalue weighted by atomic mass is 32.1. The van der Waals surface area contributed by atoms with Gasteiger partial charge in [0.25, 0.3) is 0 Å². The van der Waals surface area contributed by atoms with Crippen molar-refractivity contribution < 1.29 is 4.79 Å². The highest BCUT2D eigenvalue weighted by molar-refractivity contribution is 7.10. The summed E-state index contributed by atoms with van der Waals surface area (Å²) in [5.74, 6) is 1.51. The van der Waals surface area contributed by atoms with Crippen LogP contribution in [-0.4, -0.2) is 25.5 Å². The minimum absolute atomic E-state index is 0.0565. The van der Waals surface area contributed by atoms with Crippen LogP contribution < -0.4 is 5.32 Å². The van der Waals surface area contributed by atoms with Crippen LogP contribution in [0.15, 0.2) is 53.3 Å². The second-order valence-corrected chi connectivity index (χ2v) is 8.79. The van der Waals surface area contributed by atoms with Crippen LogP contribution >= 0.6 is 11.3 Å². The molecule has 3 aromatic heterocycles. The van der Waals surface area contributed by atoms with Crippen molar-refractivity contribution in [2.45, 2.75) is 32.7 Å². The van der Waals surface area contributed by atoms with Gasteiger partial charge in [0.1, 0.15) is 6.04 Å². The fraction of sp³-hybridized carbons (Fsp3) is 0.300. The normalized spacial score (nSPS) is 20.8. The van der Waals surface area contributed by atoms with Crippen molar-refractivity contribution in [2.75, 3.05) is 5.32 Å². The van der Waals surface area contributed by atoms with E-state index < -0.39 is 0 Å². The summed E-state index contributed by atoms with van der Waals surface area (Å²) >= 11 is 1.64. The summed E-state index contributed by atoms with van der Waals surface area (Å²) in [6.45, 7) is 4.27. The zero-order chi connectivity index (χ0) is 18.6. The molecule has 0 fully saturated rings. The molecule has 0 saturated heterocycles. The summed E-state index contributed by atoms with van der Waals surface area (Å²) < 4.78 is 1.86. The van der Waals surface area contributed by atoms with E-state index in [9.17, 15) is 4.79 Å². The maximum Gasteiger partial charge on any atom is 0.226 e. The van der Waals surface area contributed by atoms with Crippen molar-refractivity contribution in [2.24, 2.45) is 5.41 Å². The quantitative estimate of drug-likeness (QED) is 0.729. The predicted octanol–water partition coefficient (Wildman–Crippen LogP) is 4.06. The molecule has 1 unspecified atom stereocenters. The molecule has 136 valence electrons. The van der Waals surface area contributed by atoms with Gasteiger partial charge in [0.2, 0.25) is 5.95 Å². The van der Waals surface area contributed by atoms with Crippen molar-refractivity contribution in [3.63, 3.8) is 0 Å². The summed E-state index contributed by atoms with van der Waals surface area (Å²) in [5, 5.41) is 10.2. The Bertz CT molecular complexity index is 1050. The van der Waals surface area contributed by atoms with Gasteiger partial charge in [-0.1, -0.05) is 19.9 Å². The number of thiophene rings is 1. The molecule has 1 atom stereocenters. The molecule has 4 heterocycles. The first-order valence-electron chi connectivity index (χ1n) is 8.95. The highest BCUT2D eigenvalue weighted by Gasteiger charge is 2.42. The number of ketones is 1. The van der Waals surface area contributed by atoms with Crippen LogP contribution in [-0.2, 0) is 4.79 Å². The summed E-state index contributed by atoms with van der Waals surface area (Å²) in [6.07, 6.45) is 4.84. The average Bonchev–Trinajstić information content (AvgIpc) is 3.29. The van der Waals surface area contributed by atoms with Crippen LogP contribution in [0.2, 0.25) is 0 Å². The molecule has 1 N–H and O–H groups in total. The first-order valence-corrected chi connectivity index (χ1v) is 9.83. The standard InChI is InChI=1S/C20H19N5OS/c1-20(2)10-13-16(14(26)11-20)17(15-4-3-9-27-15)25-19(22-13)23-18(24-25)12-5-7-21-8-6-12/h3-9,17H,10-11H2,1-2H3,(H,22,23,24). The Morgan fingerprint density at radius 1 is 1.22 bits per heavy atom. The molecular weight excluding hydrogens is 358 g/mol. The van der Waals surface area contributed by atoms with Gasteiger partial charge < -0.3 is 5.32 Å². The van der Waals surface area contributed by atoms with Crippen LogP contribution in [0.5, 0.6) is 0 Å². The first-order chi connectivity index (χ1) is 13.0. The van der Waals surface area contributed by atoms with Crippen LogP contribution in [0, 0.1) is 5.41 Å². The number of allylic oxidation sites excluding steroid dienone is 2. The number of fused-ring (bicyclic) bond motifs is 1. The van der Waals surface area contributed by atoms with E-state index in [0.717, 1.165) is 28.1 Å². The van der Waals surface area contributed by atoms with E-state index in [-0.39, 0.29) is 17.2 Å². The number of aromatic nitrogens is 4. The first kappa shape index (κ1) is 16.4. The smallest absolute Gasteiger partial charge is 0.226 e. The van der Waals surface area contributed by atoms with E-state index in [4.69, 9.17) is 10.1 Å². The molecule has 0 aromatic carbocycles. The van der Waals surface area contributed by atoms with E-state index in [0.29, 0.717) is 18.2 Å². The number of rotatable bonds is 2. The van der Waals surface area contributed by atoms with Gasteiger partial charge in [-0.2, -0.15) is 4.98 Å². The topological polar surface area (TPSA) is 72.7 Å². The molecule has 0 spiro atoms. The lowest BCUT2D eigenvalue weighted by molar-refractivity contribution is -0.118. The maximum atomic E-state index is 13.1. The molecule has 6 nitrogen and oxygen atoms in total. The summed E-state index contributed by atoms with van der Waals surface area (Å²) in [4.78, 5) is 23.0. The molecule has 5 rings (SSSR count). The molecular formula is C20H19N5OS. The van der Waals surface area contributed by atoms with E-state index in [1.165, 1.54) is 0 Å². The Morgan fingerprint density at radius 3 is 2.78 bits per heavy atom. The van der Waals surface area contributed by atoms with Crippen molar-refractivity contribution >= 4 is 23.1 Å². The number of nitrogens with zero attached hydrogens (tertiary/aromatic N) is 4. The second-order valence-electron chi connectivity index (χ2n) is 7.82. The predicted molar refractivity (Wildman–Crippen MR) is 104 cm³/mol. The molecule has 0 bridgehead atoms. The Kier molecular flexibility index (Phi) is 3.55. The zero-order valence-electron chi connectivity index (χ0n) is 15.1. The lowest BCUT2D eigenvalue weighted by Crippen LogP contribution is -2.36. The molecule has 0 amide bonds. The molecule has 27 heavy (non-hydrogen) atoms. The molecule has 0 saturated carbocycles. The van der Waals surface area contributed by atoms with Crippen LogP contribution in [0.1, 0.15) is 37.6 Å². The van der Waals surface area contributed by atoms with Crippen LogP contribution in [0.4, 0.5) is 5.95 Å². The van der Waals surface area contributed by atoms with Crippen molar-refractivity contribution in [1.29, 1.82) is 0 Å². The van der Waals surface area contributed by atoms with Gasteiger partial charge in [0.15, 0.2) is 11.6 Å². The Labute approximate surface area is 161 Å². The molecule has 1 aliphatic heterocycles. The van der Waals surface area contributed by atoms with E-state index in [1.807, 2.05) is 28.3 Å². The number of carbonyl (C=O) groups excluding carboxylic acids is 1. The van der Waals surface area contributed by atoms with Gasteiger partial charge >= 0.3 is 0 Å². The summed E-state index contributed by atoms with van der Waals surface area (Å²) in [6, 6.07) is 7.64. The fourth-order valence-corrected chi connectivity index (χ4v) is 4.76. The molecule has 7 heteroatoms. The largest absolute Gasteiger partial charge is 0.328 e. The number of hydrogen-bond donors (Lipinski definition) is 1. The number of Topliss-reactive ketones (excluding diaryl/α,β-unsaturated/α-hetero) is 1. The summed E-state index contributed by atoms with van der Waals surface area (Å²) in [7, 11) is 0. The molecule has 2 aliphatic rings. The Balaban J connectivity index is 1.68. The van der Waals surface area contributed by atoms with Crippen molar-refractivity contribution in [3.8, 4) is 11.4 Å². The van der Waals surface area contributed by atoms with Crippen LogP contribution in [0.25, 0.3) is 11.4 Å². The van der Waals surface area contributed by atoms with Gasteiger partial charge in [0.05, 0.1) is 0 Å². The number of anilines is 1. The third-order valence-corrected chi connectivity index (χ3v) is 6.01. The lowest BCUT2D eigenvalue weighted by Gasteiger charge is -2.37. The van der Waals surface area contributed by atoms with E-state index in [2.05, 4.69) is 30.2 Å². The SMILES string of the molecule is CC1(C)CC(=O)C2=C(C1)Nc1nc(-c3ccncc3)nn1C2c1cccs1. The van der Waals surface area contributed by atoms with Crippen molar-refractivity contribution in [3.05, 3.63) is 58.2 Å². The Hall–Kier alpha value is -2.80. The minimum Gasteiger partial charge on any atom is -0.328 e. The molecule has 0 radical (unpaired) electrons. The van der Waals surface area contributed by atoms with Gasteiger partial charge in [0, 0.05) is 40.5 Å². The van der Waals surface area contributed by atoms with Gasteiger partial charge in [-0.15, -0.1) is 16.4 Å². The fourth-order valence-electron chi connectivity index (χ4n) is 3.94. The Morgan fingerprint density at radius 2 is 2.04 bits per heavy atom. The number of hydrogen-bond acceptors (Lipinski definition) is 6. The number of nitrogens with one attached hydrogen (secondary N) is 1. The third-order valence-electron chi connectivity index (χ3n) is 5.08. The lowest BCUT2D eigenvalue weighted by atomic mass is 9.73. The van der Waals surface area contributed by atoms with Gasteiger partial charge in [-0.05, 0) is 35.4 Å². The average molecular weight is 377 g/mol. The van der Waals surface area contributed by atoms with E-state index in [1.54, 1.807) is 23.7 Å². The molecule has 1 aliphatic carbocycles. The number of carbonyl (C=O) groups is 1. The van der Waals surface area contributed by atoms with Crippen molar-refractivity contribution in [1.82, 2.24) is 19.7 Å². The summed E-state index contributed by atoms with van der Waals surface area (Å²) in [5.41, 5.74) is 2.66. The molecule has 3 aromatic rings. The van der Waals surface area contributed by atoms with Gasteiger partial charge in [-0.3, -0.25) is 9.78 Å². The number of pyridine rings is 1. The van der Waals surface area contributed by atoms with E-state index >= 15 is 0 Å². The monoisotopic (exact) mass is 377 g/mol. The van der Waals surface area contributed by atoms with Crippen LogP contribution in [0.3, 0.4) is 0 Å². The maximum absolute atomic E-state index is 13.1. The minimum atomic E-state index is -0.220. The zero-order valence-corrected chi connectivity index (χ0v) is 16.0. The second kappa shape index (κ2) is 5.85. The highest BCUT2D eigenvalue weighted by Crippen LogP contribution is 2.46. The third kappa shape index (κ3) is 2.70.